The largest absolute Gasteiger partial charge is 0.399 e. The van der Waals surface area contributed by atoms with Gasteiger partial charge in [0.15, 0.2) is 0 Å². The van der Waals surface area contributed by atoms with Crippen LogP contribution in [0.2, 0.25) is 0 Å². The van der Waals surface area contributed by atoms with Gasteiger partial charge < -0.3 is 5.73 Å². The van der Waals surface area contributed by atoms with Crippen LogP contribution in [0.3, 0.4) is 0 Å². The number of rotatable bonds is 4. The average Bonchev–Trinajstić information content (AvgIpc) is 2.43. The van der Waals surface area contributed by atoms with Crippen molar-refractivity contribution in [3.8, 4) is 0 Å². The number of piperidine rings is 1. The smallest absolute Gasteiger partial charge is 0.253 e. The standard InChI is InChI=1S/C15H25N3O2S/c1-4-13-8-9-14(16)10-15(13)21(19,20)17-18-11(2)6-5-7-12(18)3/h8-12,17H,4-7,16H2,1-3H3. The van der Waals surface area contributed by atoms with Crippen molar-refractivity contribution in [2.24, 2.45) is 0 Å². The summed E-state index contributed by atoms with van der Waals surface area (Å²) in [6.45, 7) is 6.05. The Bertz CT molecular complexity index is 591. The summed E-state index contributed by atoms with van der Waals surface area (Å²) in [5.74, 6) is 0. The number of hydrogen-bond acceptors (Lipinski definition) is 4. The van der Waals surface area contributed by atoms with Gasteiger partial charge in [0.2, 0.25) is 0 Å². The van der Waals surface area contributed by atoms with Gasteiger partial charge in [-0.25, -0.2) is 13.4 Å². The second-order valence-corrected chi connectivity index (χ2v) is 7.48. The van der Waals surface area contributed by atoms with Crippen LogP contribution in [0.15, 0.2) is 23.1 Å². The van der Waals surface area contributed by atoms with Crippen LogP contribution < -0.4 is 10.6 Å². The summed E-state index contributed by atoms with van der Waals surface area (Å²) in [6, 6.07) is 5.47. The van der Waals surface area contributed by atoms with Gasteiger partial charge in [-0.3, -0.25) is 0 Å². The fourth-order valence-corrected chi connectivity index (χ4v) is 4.49. The first-order valence-electron chi connectivity index (χ1n) is 7.54. The molecule has 1 aromatic rings. The van der Waals surface area contributed by atoms with Crippen LogP contribution in [0.1, 0.15) is 45.6 Å². The van der Waals surface area contributed by atoms with Gasteiger partial charge in [-0.15, -0.1) is 4.83 Å². The molecule has 0 aliphatic carbocycles. The van der Waals surface area contributed by atoms with Crippen LogP contribution >= 0.6 is 0 Å². The van der Waals surface area contributed by atoms with E-state index in [1.165, 1.54) is 0 Å². The highest BCUT2D eigenvalue weighted by molar-refractivity contribution is 7.89. The fraction of sp³-hybridized carbons (Fsp3) is 0.600. The van der Waals surface area contributed by atoms with Crippen molar-refractivity contribution >= 4 is 15.7 Å². The molecule has 0 radical (unpaired) electrons. The molecule has 118 valence electrons. The Morgan fingerprint density at radius 2 is 1.90 bits per heavy atom. The van der Waals surface area contributed by atoms with Gasteiger partial charge >= 0.3 is 0 Å². The first-order chi connectivity index (χ1) is 9.85. The first kappa shape index (κ1) is 16.3. The molecule has 0 spiro atoms. The van der Waals surface area contributed by atoms with E-state index in [2.05, 4.69) is 18.7 Å². The Kier molecular flexibility index (Phi) is 4.91. The molecule has 21 heavy (non-hydrogen) atoms. The minimum atomic E-state index is -3.60. The normalized spacial score (nSPS) is 24.1. The predicted octanol–water partition coefficient (Wildman–Crippen LogP) is 2.29. The number of nitrogen functional groups attached to an aromatic ring is 1. The zero-order valence-corrected chi connectivity index (χ0v) is 13.8. The zero-order chi connectivity index (χ0) is 15.6. The molecule has 1 aliphatic rings. The molecular weight excluding hydrogens is 286 g/mol. The molecule has 1 aromatic carbocycles. The van der Waals surface area contributed by atoms with Gasteiger partial charge in [0.25, 0.3) is 10.0 Å². The monoisotopic (exact) mass is 311 g/mol. The Hall–Kier alpha value is -1.11. The van der Waals surface area contributed by atoms with E-state index in [9.17, 15) is 8.42 Å². The van der Waals surface area contributed by atoms with Crippen molar-refractivity contribution in [1.82, 2.24) is 9.84 Å². The number of anilines is 1. The molecule has 2 atom stereocenters. The zero-order valence-electron chi connectivity index (χ0n) is 13.0. The highest BCUT2D eigenvalue weighted by atomic mass is 32.2. The number of hydrogen-bond donors (Lipinski definition) is 2. The van der Waals surface area contributed by atoms with Crippen molar-refractivity contribution in [3.63, 3.8) is 0 Å². The SMILES string of the molecule is CCc1ccc(N)cc1S(=O)(=O)NN1C(C)CCCC1C. The molecule has 1 saturated heterocycles. The summed E-state index contributed by atoms with van der Waals surface area (Å²) < 4.78 is 25.4. The van der Waals surface area contributed by atoms with Crippen molar-refractivity contribution in [2.45, 2.75) is 63.4 Å². The lowest BCUT2D eigenvalue weighted by Gasteiger charge is -2.38. The van der Waals surface area contributed by atoms with E-state index >= 15 is 0 Å². The van der Waals surface area contributed by atoms with Crippen molar-refractivity contribution in [2.75, 3.05) is 5.73 Å². The molecule has 0 bridgehead atoms. The molecule has 2 unspecified atom stereocenters. The van der Waals surface area contributed by atoms with Gasteiger partial charge in [-0.1, -0.05) is 19.4 Å². The van der Waals surface area contributed by atoms with E-state index in [0.717, 1.165) is 24.8 Å². The Morgan fingerprint density at radius 1 is 1.29 bits per heavy atom. The van der Waals surface area contributed by atoms with Crippen molar-refractivity contribution in [1.29, 1.82) is 0 Å². The number of sulfonamides is 1. The molecule has 3 N–H and O–H groups in total. The maximum absolute atomic E-state index is 12.7. The minimum Gasteiger partial charge on any atom is -0.399 e. The second-order valence-electron chi connectivity index (χ2n) is 5.85. The van der Waals surface area contributed by atoms with Gasteiger partial charge in [0.05, 0.1) is 4.90 Å². The van der Waals surface area contributed by atoms with Crippen LogP contribution in [0, 0.1) is 0 Å². The summed E-state index contributed by atoms with van der Waals surface area (Å²) in [6.07, 6.45) is 3.80. The molecule has 2 rings (SSSR count). The maximum Gasteiger partial charge on any atom is 0.253 e. The van der Waals surface area contributed by atoms with Gasteiger partial charge in [-0.2, -0.15) is 0 Å². The number of hydrazine groups is 1. The lowest BCUT2D eigenvalue weighted by atomic mass is 10.0. The fourth-order valence-electron chi connectivity index (χ4n) is 2.90. The highest BCUT2D eigenvalue weighted by Gasteiger charge is 2.30. The summed E-state index contributed by atoms with van der Waals surface area (Å²) >= 11 is 0. The predicted molar refractivity (Wildman–Crippen MR) is 85.2 cm³/mol. The lowest BCUT2D eigenvalue weighted by molar-refractivity contribution is 0.0790. The van der Waals surface area contributed by atoms with Crippen LogP contribution in [0.4, 0.5) is 5.69 Å². The number of nitrogens with two attached hydrogens (primary N) is 1. The third-order valence-corrected chi connectivity index (χ3v) is 5.59. The summed E-state index contributed by atoms with van der Waals surface area (Å²) in [5.41, 5.74) is 7.01. The molecule has 1 heterocycles. The molecule has 0 saturated carbocycles. The van der Waals surface area contributed by atoms with Crippen LogP contribution in [0.25, 0.3) is 0 Å². The molecular formula is C15H25N3O2S. The molecule has 1 fully saturated rings. The first-order valence-corrected chi connectivity index (χ1v) is 9.02. The van der Waals surface area contributed by atoms with E-state index < -0.39 is 10.0 Å². The molecule has 0 aromatic heterocycles. The van der Waals surface area contributed by atoms with Gasteiger partial charge in [0, 0.05) is 17.8 Å². The molecule has 5 nitrogen and oxygen atoms in total. The third-order valence-electron chi connectivity index (χ3n) is 4.18. The summed E-state index contributed by atoms with van der Waals surface area (Å²) in [4.78, 5) is 3.05. The van der Waals surface area contributed by atoms with Crippen molar-refractivity contribution in [3.05, 3.63) is 23.8 Å². The van der Waals surface area contributed by atoms with E-state index in [0.29, 0.717) is 12.1 Å². The number of benzene rings is 1. The Labute approximate surface area is 127 Å². The van der Waals surface area contributed by atoms with Crippen LogP contribution in [0.5, 0.6) is 0 Å². The molecule has 0 amide bonds. The number of aryl methyl sites for hydroxylation is 1. The number of nitrogens with zero attached hydrogens (tertiary/aromatic N) is 1. The topological polar surface area (TPSA) is 75.4 Å². The quantitative estimate of drug-likeness (QED) is 0.837. The molecule has 1 aliphatic heterocycles. The summed E-state index contributed by atoms with van der Waals surface area (Å²) in [5, 5.41) is 1.86. The Balaban J connectivity index is 2.32. The van der Waals surface area contributed by atoms with E-state index in [1.807, 2.05) is 11.9 Å². The second kappa shape index (κ2) is 6.34. The van der Waals surface area contributed by atoms with E-state index in [-0.39, 0.29) is 17.0 Å². The maximum atomic E-state index is 12.7. The van der Waals surface area contributed by atoms with E-state index in [1.54, 1.807) is 18.2 Å². The van der Waals surface area contributed by atoms with Gasteiger partial charge in [-0.05, 0) is 50.8 Å². The Morgan fingerprint density at radius 3 is 2.48 bits per heavy atom. The lowest BCUT2D eigenvalue weighted by Crippen LogP contribution is -2.54. The minimum absolute atomic E-state index is 0.203. The molecule has 6 heteroatoms. The van der Waals surface area contributed by atoms with Crippen molar-refractivity contribution < 1.29 is 8.42 Å². The number of nitrogens with one attached hydrogen (secondary N) is 1. The van der Waals surface area contributed by atoms with Crippen LogP contribution in [-0.2, 0) is 16.4 Å². The average molecular weight is 311 g/mol. The van der Waals surface area contributed by atoms with Crippen LogP contribution in [-0.4, -0.2) is 25.5 Å². The van der Waals surface area contributed by atoms with Gasteiger partial charge in [0.1, 0.15) is 0 Å². The summed E-state index contributed by atoms with van der Waals surface area (Å²) in [7, 11) is -3.60. The highest BCUT2D eigenvalue weighted by Crippen LogP contribution is 2.24. The third kappa shape index (κ3) is 3.56. The van der Waals surface area contributed by atoms with E-state index in [4.69, 9.17) is 5.73 Å².